The van der Waals surface area contributed by atoms with Gasteiger partial charge in [0.25, 0.3) is 17.7 Å². The summed E-state index contributed by atoms with van der Waals surface area (Å²) in [7, 11) is 2.49. The lowest BCUT2D eigenvalue weighted by atomic mass is 10.0. The molecule has 39 heavy (non-hydrogen) atoms. The number of likely N-dealkylation sites (tertiary alicyclic amines) is 1. The van der Waals surface area contributed by atoms with Gasteiger partial charge in [0.1, 0.15) is 0 Å². The molecule has 3 N–H and O–H groups in total. The van der Waals surface area contributed by atoms with Gasteiger partial charge in [0.05, 0.1) is 11.7 Å². The van der Waals surface area contributed by atoms with Gasteiger partial charge in [-0.2, -0.15) is 13.2 Å². The molecule has 1 aliphatic heterocycles. The number of alkyl halides is 3. The minimum absolute atomic E-state index is 0.0978. The van der Waals surface area contributed by atoms with Crippen LogP contribution in [0.4, 0.5) is 13.2 Å². The van der Waals surface area contributed by atoms with Gasteiger partial charge in [-0.25, -0.2) is 5.48 Å². The molecule has 0 bridgehead atoms. The Morgan fingerprint density at radius 1 is 1.13 bits per heavy atom. The lowest BCUT2D eigenvalue weighted by Gasteiger charge is -2.38. The van der Waals surface area contributed by atoms with Gasteiger partial charge in [-0.05, 0) is 48.9 Å². The second kappa shape index (κ2) is 12.8. The maximum absolute atomic E-state index is 13.8. The van der Waals surface area contributed by atoms with Crippen molar-refractivity contribution in [2.75, 3.05) is 33.8 Å². The topological polar surface area (TPSA) is 111 Å². The third-order valence-electron chi connectivity index (χ3n) is 6.16. The number of halogens is 3. The van der Waals surface area contributed by atoms with Crippen molar-refractivity contribution in [2.45, 2.75) is 31.8 Å². The summed E-state index contributed by atoms with van der Waals surface area (Å²) in [5, 5.41) is 11.1. The van der Waals surface area contributed by atoms with Crippen LogP contribution >= 0.6 is 0 Å². The molecule has 0 radical (unpaired) electrons. The Hall–Kier alpha value is -3.92. The quantitative estimate of drug-likeness (QED) is 0.202. The van der Waals surface area contributed by atoms with Crippen LogP contribution in [0, 0.1) is 11.8 Å². The molecule has 2 aromatic carbocycles. The zero-order valence-corrected chi connectivity index (χ0v) is 21.6. The van der Waals surface area contributed by atoms with Gasteiger partial charge in [-0.1, -0.05) is 17.9 Å². The van der Waals surface area contributed by atoms with Crippen molar-refractivity contribution in [3.05, 3.63) is 70.3 Å². The molecule has 0 saturated carbocycles. The molecule has 0 aliphatic carbocycles. The summed E-state index contributed by atoms with van der Waals surface area (Å²) in [6.45, 7) is 4.22. The Balaban J connectivity index is 1.76. The molecule has 12 heteroatoms. The van der Waals surface area contributed by atoms with Crippen LogP contribution < -0.4 is 10.8 Å². The number of benzene rings is 2. The van der Waals surface area contributed by atoms with Gasteiger partial charge in [0.2, 0.25) is 0 Å². The molecule has 1 unspecified atom stereocenters. The number of rotatable bonds is 8. The van der Waals surface area contributed by atoms with Gasteiger partial charge in [-0.3, -0.25) is 24.5 Å². The Morgan fingerprint density at radius 3 is 2.36 bits per heavy atom. The number of likely N-dealkylation sites (N-methyl/N-ethyl adjacent to an activating group) is 2. The molecule has 3 rings (SSSR count). The molecule has 9 nitrogen and oxygen atoms in total. The Morgan fingerprint density at radius 2 is 1.79 bits per heavy atom. The monoisotopic (exact) mass is 546 g/mol. The van der Waals surface area contributed by atoms with Crippen LogP contribution in [0.2, 0.25) is 0 Å². The van der Waals surface area contributed by atoms with E-state index in [1.54, 1.807) is 6.07 Å². The smallest absolute Gasteiger partial charge is 0.376 e. The predicted molar refractivity (Wildman–Crippen MR) is 134 cm³/mol. The number of ether oxygens (including phenoxy) is 1. The van der Waals surface area contributed by atoms with E-state index in [1.807, 2.05) is 11.8 Å². The second-order valence-corrected chi connectivity index (χ2v) is 8.89. The molecule has 1 atom stereocenters. The molecule has 0 spiro atoms. The van der Waals surface area contributed by atoms with Crippen molar-refractivity contribution in [3.63, 3.8) is 0 Å². The zero-order valence-electron chi connectivity index (χ0n) is 21.6. The van der Waals surface area contributed by atoms with E-state index in [9.17, 15) is 27.6 Å². The summed E-state index contributed by atoms with van der Waals surface area (Å²) in [6, 6.07) is 8.08. The fourth-order valence-electron chi connectivity index (χ4n) is 4.11. The van der Waals surface area contributed by atoms with E-state index in [0.717, 1.165) is 11.0 Å². The first-order chi connectivity index (χ1) is 18.5. The van der Waals surface area contributed by atoms with E-state index in [2.05, 4.69) is 17.2 Å². The van der Waals surface area contributed by atoms with Crippen LogP contribution in [0.5, 0.6) is 0 Å². The average Bonchev–Trinajstić information content (AvgIpc) is 2.90. The molecule has 2 aromatic rings. The van der Waals surface area contributed by atoms with Gasteiger partial charge in [0, 0.05) is 57.0 Å². The Labute approximate surface area is 223 Å². The number of carbonyl (C=O) groups excluding carboxylic acids is 3. The van der Waals surface area contributed by atoms with E-state index in [-0.39, 0.29) is 17.2 Å². The average molecular weight is 547 g/mol. The van der Waals surface area contributed by atoms with E-state index in [4.69, 9.17) is 9.94 Å². The van der Waals surface area contributed by atoms with Crippen LogP contribution in [0.3, 0.4) is 0 Å². The summed E-state index contributed by atoms with van der Waals surface area (Å²) >= 11 is 0. The van der Waals surface area contributed by atoms with E-state index >= 15 is 0 Å². The molecule has 1 saturated heterocycles. The molecule has 1 aliphatic rings. The SMILES string of the molecule is CCOC1CN(Cc2ccc(C#Cc3ccc(C(=O)N(C)C(C(=O)NC)C(=O)NO)cc3)c(C(F)(F)F)c2)C1. The third-order valence-corrected chi connectivity index (χ3v) is 6.16. The highest BCUT2D eigenvalue weighted by Crippen LogP contribution is 2.33. The zero-order chi connectivity index (χ0) is 28.7. The van der Waals surface area contributed by atoms with Gasteiger partial charge >= 0.3 is 6.18 Å². The first kappa shape index (κ1) is 29.6. The molecular weight excluding hydrogens is 517 g/mol. The van der Waals surface area contributed by atoms with E-state index in [1.165, 1.54) is 49.9 Å². The molecule has 1 heterocycles. The lowest BCUT2D eigenvalue weighted by molar-refractivity contribution is -0.141. The van der Waals surface area contributed by atoms with Crippen LogP contribution in [-0.2, 0) is 27.0 Å². The second-order valence-electron chi connectivity index (χ2n) is 8.89. The van der Waals surface area contributed by atoms with Crippen LogP contribution in [-0.4, -0.2) is 78.7 Å². The summed E-state index contributed by atoms with van der Waals surface area (Å²) < 4.78 is 46.8. The summed E-state index contributed by atoms with van der Waals surface area (Å²) in [4.78, 5) is 39.5. The minimum atomic E-state index is -4.59. The maximum atomic E-state index is 13.8. The number of hydrogen-bond acceptors (Lipinski definition) is 6. The summed E-state index contributed by atoms with van der Waals surface area (Å²) in [5.74, 6) is 2.65. The number of nitrogens with zero attached hydrogens (tertiary/aromatic N) is 2. The highest BCUT2D eigenvalue weighted by molar-refractivity contribution is 6.08. The Bertz CT molecular complexity index is 1250. The molecular formula is C27H29F3N4O5. The maximum Gasteiger partial charge on any atom is 0.417 e. The first-order valence-electron chi connectivity index (χ1n) is 12.1. The van der Waals surface area contributed by atoms with E-state index < -0.39 is 35.5 Å². The molecule has 208 valence electrons. The number of amides is 3. The van der Waals surface area contributed by atoms with Crippen molar-refractivity contribution < 1.29 is 37.5 Å². The largest absolute Gasteiger partial charge is 0.417 e. The van der Waals surface area contributed by atoms with Crippen LogP contribution in [0.25, 0.3) is 0 Å². The van der Waals surface area contributed by atoms with Crippen LogP contribution in [0.1, 0.15) is 39.5 Å². The number of carbonyl (C=O) groups is 3. The summed E-state index contributed by atoms with van der Waals surface area (Å²) in [6.07, 6.45) is -4.48. The standard InChI is InChI=1S/C27H29F3N4O5/c1-4-39-21-15-34(16-21)14-18-8-10-19(22(13-18)27(28,29)30)9-5-17-6-11-20(12-7-17)26(37)33(3)23(24(35)31-2)25(36)32-38/h6-8,10-13,21,23,38H,4,14-16H2,1-3H3,(H,31,35)(H,32,36). The molecule has 1 fully saturated rings. The van der Waals surface area contributed by atoms with Crippen molar-refractivity contribution in [3.8, 4) is 11.8 Å². The van der Waals surface area contributed by atoms with Crippen molar-refractivity contribution >= 4 is 17.7 Å². The number of hydroxylamine groups is 1. The number of hydrogen-bond donors (Lipinski definition) is 3. The van der Waals surface area contributed by atoms with Crippen molar-refractivity contribution in [2.24, 2.45) is 0 Å². The normalized spacial score (nSPS) is 14.4. The van der Waals surface area contributed by atoms with Crippen molar-refractivity contribution in [1.29, 1.82) is 0 Å². The molecule has 0 aromatic heterocycles. The lowest BCUT2D eigenvalue weighted by Crippen LogP contribution is -2.54. The van der Waals surface area contributed by atoms with Gasteiger partial charge < -0.3 is 15.0 Å². The highest BCUT2D eigenvalue weighted by Gasteiger charge is 2.35. The molecule has 3 amide bonds. The van der Waals surface area contributed by atoms with Crippen LogP contribution in [0.15, 0.2) is 42.5 Å². The van der Waals surface area contributed by atoms with Gasteiger partial charge in [-0.15, -0.1) is 0 Å². The Kier molecular flexibility index (Phi) is 9.69. The minimum Gasteiger partial charge on any atom is -0.376 e. The van der Waals surface area contributed by atoms with E-state index in [0.29, 0.717) is 37.4 Å². The fraction of sp³-hybridized carbons (Fsp3) is 0.370. The van der Waals surface area contributed by atoms with Gasteiger partial charge in [0.15, 0.2) is 6.04 Å². The van der Waals surface area contributed by atoms with Crippen molar-refractivity contribution in [1.82, 2.24) is 20.6 Å². The number of nitrogens with one attached hydrogen (secondary N) is 2. The highest BCUT2D eigenvalue weighted by atomic mass is 19.4. The third kappa shape index (κ3) is 7.35. The first-order valence-corrected chi connectivity index (χ1v) is 12.1. The predicted octanol–water partition coefficient (Wildman–Crippen LogP) is 2.02. The fourth-order valence-corrected chi connectivity index (χ4v) is 4.11. The summed E-state index contributed by atoms with van der Waals surface area (Å²) in [5.41, 5.74) is 1.32.